The molecular formula is C37H39N5O3. The molecule has 1 atom stereocenters. The molecule has 2 aliphatic heterocycles. The van der Waals surface area contributed by atoms with Crippen LogP contribution in [0.15, 0.2) is 97.1 Å². The van der Waals surface area contributed by atoms with Crippen LogP contribution in [0.25, 0.3) is 11.3 Å². The normalized spacial score (nSPS) is 16.8. The molecule has 0 saturated carbocycles. The molecule has 1 fully saturated rings. The molecule has 0 radical (unpaired) electrons. The van der Waals surface area contributed by atoms with Gasteiger partial charge in [-0.05, 0) is 73.1 Å². The topological polar surface area (TPSA) is 85.9 Å². The fraction of sp³-hybridized carbons (Fsp3) is 0.243. The Bertz CT molecular complexity index is 1710. The summed E-state index contributed by atoms with van der Waals surface area (Å²) in [5, 5.41) is 9.62. The van der Waals surface area contributed by atoms with Gasteiger partial charge in [0.15, 0.2) is 0 Å². The van der Waals surface area contributed by atoms with Crippen molar-refractivity contribution in [3.05, 3.63) is 125 Å². The molecule has 0 aromatic heterocycles. The first-order chi connectivity index (χ1) is 21.9. The largest absolute Gasteiger partial charge is 0.497 e. The number of carbonyl (C=O) groups is 2. The summed E-state index contributed by atoms with van der Waals surface area (Å²) < 4.78 is 5.34. The van der Waals surface area contributed by atoms with Gasteiger partial charge in [-0.15, -0.1) is 0 Å². The summed E-state index contributed by atoms with van der Waals surface area (Å²) in [6, 6.07) is 31.0. The van der Waals surface area contributed by atoms with Crippen LogP contribution >= 0.6 is 0 Å². The average Bonchev–Trinajstić information content (AvgIpc) is 3.40. The van der Waals surface area contributed by atoms with Crippen molar-refractivity contribution in [2.45, 2.75) is 19.5 Å². The first kappa shape index (κ1) is 30.1. The van der Waals surface area contributed by atoms with Crippen LogP contribution in [0, 0.1) is 0 Å². The van der Waals surface area contributed by atoms with Crippen LogP contribution < -0.4 is 20.7 Å². The number of nitrogens with one attached hydrogen (secondary N) is 3. The Kier molecular flexibility index (Phi) is 8.96. The van der Waals surface area contributed by atoms with Gasteiger partial charge in [0.25, 0.3) is 11.8 Å². The highest BCUT2D eigenvalue weighted by Crippen LogP contribution is 2.38. The first-order valence-electron chi connectivity index (χ1n) is 15.3. The highest BCUT2D eigenvalue weighted by molar-refractivity contribution is 6.37. The summed E-state index contributed by atoms with van der Waals surface area (Å²) in [6.45, 7) is 7.15. The quantitative estimate of drug-likeness (QED) is 0.208. The standard InChI is InChI=1S/C37H39N5O3/c1-25(28-10-7-11-31(22-28)45-3)38-36(43)29-14-17-33-32(23-29)34(37(44)40-33)35(27-8-5-4-6-9-27)39-30-15-12-26(13-16-30)24-42-20-18-41(2)19-21-42/h4-17,22-23,25,39H,18-21,24H2,1-3H3,(H,38,43)(H,40,44)/b35-34-/t25-/m1/s1. The monoisotopic (exact) mass is 601 g/mol. The van der Waals surface area contributed by atoms with Gasteiger partial charge in [-0.1, -0.05) is 54.6 Å². The minimum absolute atomic E-state index is 0.217. The predicted octanol–water partition coefficient (Wildman–Crippen LogP) is 5.87. The number of amides is 2. The molecule has 3 N–H and O–H groups in total. The van der Waals surface area contributed by atoms with Crippen molar-refractivity contribution in [3.8, 4) is 5.75 Å². The smallest absolute Gasteiger partial charge is 0.258 e. The molecule has 0 unspecified atom stereocenters. The molecule has 0 bridgehead atoms. The van der Waals surface area contributed by atoms with Gasteiger partial charge in [-0.3, -0.25) is 14.5 Å². The van der Waals surface area contributed by atoms with Crippen LogP contribution in [0.5, 0.6) is 5.75 Å². The Morgan fingerprint density at radius 1 is 0.889 bits per heavy atom. The number of benzene rings is 4. The highest BCUT2D eigenvalue weighted by Gasteiger charge is 2.29. The Hall–Kier alpha value is -4.92. The lowest BCUT2D eigenvalue weighted by atomic mass is 9.98. The number of hydrogen-bond donors (Lipinski definition) is 3. The number of likely N-dealkylation sites (N-methyl/N-ethyl adjacent to an activating group) is 1. The van der Waals surface area contributed by atoms with E-state index in [-0.39, 0.29) is 17.9 Å². The van der Waals surface area contributed by atoms with Gasteiger partial charge in [-0.25, -0.2) is 0 Å². The van der Waals surface area contributed by atoms with E-state index in [4.69, 9.17) is 4.74 Å². The lowest BCUT2D eigenvalue weighted by molar-refractivity contribution is -0.110. The predicted molar refractivity (Wildman–Crippen MR) is 180 cm³/mol. The lowest BCUT2D eigenvalue weighted by Crippen LogP contribution is -2.43. The summed E-state index contributed by atoms with van der Waals surface area (Å²) >= 11 is 0. The zero-order valence-electron chi connectivity index (χ0n) is 26.0. The zero-order chi connectivity index (χ0) is 31.3. The molecule has 2 amide bonds. The molecule has 8 heteroatoms. The number of ether oxygens (including phenoxy) is 1. The second-order valence-electron chi connectivity index (χ2n) is 11.7. The van der Waals surface area contributed by atoms with Crippen molar-refractivity contribution in [3.63, 3.8) is 0 Å². The SMILES string of the molecule is COc1cccc([C@@H](C)NC(=O)c2ccc3c(c2)/C(=C(/Nc2ccc(CN4CCN(C)CC4)cc2)c2ccccc2)C(=O)N3)c1. The number of methoxy groups -OCH3 is 1. The van der Waals surface area contributed by atoms with Crippen LogP contribution in [0.1, 0.15) is 45.6 Å². The van der Waals surface area contributed by atoms with Gasteiger partial charge in [0.1, 0.15) is 5.75 Å². The second-order valence-corrected chi connectivity index (χ2v) is 11.7. The minimum atomic E-state index is -0.239. The molecule has 45 heavy (non-hydrogen) atoms. The van der Waals surface area contributed by atoms with Crippen LogP contribution in [-0.4, -0.2) is 62.0 Å². The van der Waals surface area contributed by atoms with Crippen molar-refractivity contribution >= 4 is 34.5 Å². The van der Waals surface area contributed by atoms with E-state index >= 15 is 0 Å². The number of nitrogens with zero attached hydrogens (tertiary/aromatic N) is 2. The van der Waals surface area contributed by atoms with Crippen LogP contribution in [0.3, 0.4) is 0 Å². The van der Waals surface area contributed by atoms with Gasteiger partial charge in [0, 0.05) is 55.2 Å². The lowest BCUT2D eigenvalue weighted by Gasteiger charge is -2.32. The van der Waals surface area contributed by atoms with Gasteiger partial charge >= 0.3 is 0 Å². The third-order valence-corrected chi connectivity index (χ3v) is 8.51. The van der Waals surface area contributed by atoms with Gasteiger partial charge in [-0.2, -0.15) is 0 Å². The average molecular weight is 602 g/mol. The second kappa shape index (κ2) is 13.4. The number of anilines is 2. The van der Waals surface area contributed by atoms with Crippen LogP contribution in [-0.2, 0) is 11.3 Å². The summed E-state index contributed by atoms with van der Waals surface area (Å²) in [6.07, 6.45) is 0. The summed E-state index contributed by atoms with van der Waals surface area (Å²) in [4.78, 5) is 31.8. The van der Waals surface area contributed by atoms with E-state index in [1.165, 1.54) is 5.56 Å². The van der Waals surface area contributed by atoms with E-state index in [9.17, 15) is 9.59 Å². The molecule has 230 valence electrons. The third kappa shape index (κ3) is 6.93. The first-order valence-corrected chi connectivity index (χ1v) is 15.3. The molecule has 4 aromatic rings. The van der Waals surface area contributed by atoms with Gasteiger partial charge in [0.2, 0.25) is 0 Å². The molecule has 0 spiro atoms. The number of carbonyl (C=O) groups excluding carboxylic acids is 2. The highest BCUT2D eigenvalue weighted by atomic mass is 16.5. The van der Waals surface area contributed by atoms with E-state index in [0.717, 1.165) is 55.3 Å². The van der Waals surface area contributed by atoms with Gasteiger partial charge < -0.3 is 25.6 Å². The zero-order valence-corrected chi connectivity index (χ0v) is 26.0. The number of rotatable bonds is 9. The van der Waals surface area contributed by atoms with E-state index in [2.05, 4.69) is 57.1 Å². The third-order valence-electron chi connectivity index (χ3n) is 8.51. The van der Waals surface area contributed by atoms with E-state index in [0.29, 0.717) is 28.1 Å². The van der Waals surface area contributed by atoms with Crippen molar-refractivity contribution in [1.29, 1.82) is 0 Å². The Labute approximate surface area is 264 Å². The molecule has 4 aromatic carbocycles. The van der Waals surface area contributed by atoms with Crippen LogP contribution in [0.2, 0.25) is 0 Å². The summed E-state index contributed by atoms with van der Waals surface area (Å²) in [5.74, 6) is 0.290. The molecular weight excluding hydrogens is 562 g/mol. The van der Waals surface area contributed by atoms with Crippen molar-refractivity contribution in [2.24, 2.45) is 0 Å². The Morgan fingerprint density at radius 3 is 2.38 bits per heavy atom. The van der Waals surface area contributed by atoms with E-state index in [1.807, 2.05) is 61.5 Å². The van der Waals surface area contributed by atoms with Gasteiger partial charge in [0.05, 0.1) is 24.4 Å². The molecule has 6 rings (SSSR count). The Morgan fingerprint density at radius 2 is 1.64 bits per heavy atom. The fourth-order valence-electron chi connectivity index (χ4n) is 5.82. The van der Waals surface area contributed by atoms with Crippen molar-refractivity contribution < 1.29 is 14.3 Å². The Balaban J connectivity index is 1.28. The summed E-state index contributed by atoms with van der Waals surface area (Å²) in [7, 11) is 3.79. The maximum absolute atomic E-state index is 13.5. The molecule has 2 aliphatic rings. The number of hydrogen-bond acceptors (Lipinski definition) is 6. The molecule has 0 aliphatic carbocycles. The maximum Gasteiger partial charge on any atom is 0.258 e. The molecule has 1 saturated heterocycles. The minimum Gasteiger partial charge on any atom is -0.497 e. The molecule has 8 nitrogen and oxygen atoms in total. The van der Waals surface area contributed by atoms with E-state index in [1.54, 1.807) is 25.3 Å². The van der Waals surface area contributed by atoms with Crippen molar-refractivity contribution in [2.75, 3.05) is 51.0 Å². The van der Waals surface area contributed by atoms with E-state index < -0.39 is 0 Å². The molecule has 2 heterocycles. The maximum atomic E-state index is 13.5. The fourth-order valence-corrected chi connectivity index (χ4v) is 5.82. The van der Waals surface area contributed by atoms with Crippen molar-refractivity contribution in [1.82, 2.24) is 15.1 Å². The van der Waals surface area contributed by atoms with Crippen LogP contribution in [0.4, 0.5) is 11.4 Å². The number of piperazine rings is 1. The number of fused-ring (bicyclic) bond motifs is 1. The summed E-state index contributed by atoms with van der Waals surface area (Å²) in [5.41, 5.74) is 6.94.